The molecule has 7 heteroatoms. The normalized spacial score (nSPS) is 11.3. The summed E-state index contributed by atoms with van der Waals surface area (Å²) in [5.74, 6) is 0.174. The van der Waals surface area contributed by atoms with E-state index >= 15 is 0 Å². The number of sulfonamides is 1. The van der Waals surface area contributed by atoms with E-state index in [9.17, 15) is 8.42 Å². The van der Waals surface area contributed by atoms with Gasteiger partial charge < -0.3 is 4.74 Å². The summed E-state index contributed by atoms with van der Waals surface area (Å²) >= 11 is 5.57. The van der Waals surface area contributed by atoms with E-state index in [2.05, 4.69) is 4.98 Å². The number of methoxy groups -OCH3 is 1. The predicted octanol–water partition coefficient (Wildman–Crippen LogP) is 0.391. The summed E-state index contributed by atoms with van der Waals surface area (Å²) in [6.07, 6.45) is 1.07. The van der Waals surface area contributed by atoms with Gasteiger partial charge in [0.2, 0.25) is 10.0 Å². The molecule has 0 unspecified atom stereocenters. The average molecular weight is 223 g/mol. The first kappa shape index (κ1) is 10.2. The summed E-state index contributed by atoms with van der Waals surface area (Å²) in [4.78, 5) is 3.47. The van der Waals surface area contributed by atoms with Gasteiger partial charge in [0.1, 0.15) is 4.90 Å². The van der Waals surface area contributed by atoms with E-state index in [4.69, 9.17) is 21.5 Å². The molecule has 0 saturated heterocycles. The highest BCUT2D eigenvalue weighted by Crippen LogP contribution is 2.23. The van der Waals surface area contributed by atoms with E-state index < -0.39 is 10.0 Å². The van der Waals surface area contributed by atoms with Crippen molar-refractivity contribution in [3.63, 3.8) is 0 Å². The number of hydrogen-bond acceptors (Lipinski definition) is 4. The monoisotopic (exact) mass is 222 g/mol. The standard InChI is InChI=1S/C6H7ClN2O3S/c1-12-5-2-4(13(8,10)11)3-9-6(5)7/h2-3H,1H3,(H2,8,10,11). The molecule has 0 radical (unpaired) electrons. The molecule has 1 heterocycles. The zero-order chi connectivity index (χ0) is 10.1. The zero-order valence-electron chi connectivity index (χ0n) is 6.69. The van der Waals surface area contributed by atoms with Crippen LogP contribution in [0, 0.1) is 0 Å². The van der Waals surface area contributed by atoms with Crippen molar-refractivity contribution in [3.8, 4) is 5.75 Å². The second-order valence-electron chi connectivity index (χ2n) is 2.21. The third-order valence-corrected chi connectivity index (χ3v) is 2.49. The Kier molecular flexibility index (Phi) is 2.74. The first-order valence-corrected chi connectivity index (χ1v) is 5.10. The van der Waals surface area contributed by atoms with E-state index in [0.29, 0.717) is 0 Å². The third kappa shape index (κ3) is 2.30. The van der Waals surface area contributed by atoms with Gasteiger partial charge in [-0.3, -0.25) is 0 Å². The average Bonchev–Trinajstić information content (AvgIpc) is 2.03. The first-order valence-electron chi connectivity index (χ1n) is 3.17. The van der Waals surface area contributed by atoms with Crippen LogP contribution in [0.3, 0.4) is 0 Å². The van der Waals surface area contributed by atoms with Crippen LogP contribution in [-0.4, -0.2) is 20.5 Å². The molecule has 0 aromatic carbocycles. The smallest absolute Gasteiger partial charge is 0.239 e. The SMILES string of the molecule is COc1cc(S(N)(=O)=O)cnc1Cl. The van der Waals surface area contributed by atoms with Gasteiger partial charge in [0.25, 0.3) is 0 Å². The largest absolute Gasteiger partial charge is 0.493 e. The fourth-order valence-electron chi connectivity index (χ4n) is 0.709. The molecule has 2 N–H and O–H groups in total. The van der Waals surface area contributed by atoms with Crippen LogP contribution in [0.2, 0.25) is 5.15 Å². The molecular weight excluding hydrogens is 216 g/mol. The van der Waals surface area contributed by atoms with Crippen LogP contribution in [0.1, 0.15) is 0 Å². The number of nitrogens with two attached hydrogens (primary N) is 1. The summed E-state index contributed by atoms with van der Waals surface area (Å²) in [6, 6.07) is 1.21. The molecule has 0 spiro atoms. The Labute approximate surface area is 80.5 Å². The molecule has 0 saturated carbocycles. The molecule has 0 aliphatic heterocycles. The van der Waals surface area contributed by atoms with Crippen LogP contribution in [0.25, 0.3) is 0 Å². The molecular formula is C6H7ClN2O3S. The molecule has 5 nitrogen and oxygen atoms in total. The van der Waals surface area contributed by atoms with Crippen LogP contribution >= 0.6 is 11.6 Å². The number of nitrogens with zero attached hydrogens (tertiary/aromatic N) is 1. The summed E-state index contributed by atoms with van der Waals surface area (Å²) in [5.41, 5.74) is 0. The maximum atomic E-state index is 10.9. The quantitative estimate of drug-likeness (QED) is 0.734. The van der Waals surface area contributed by atoms with Crippen molar-refractivity contribution >= 4 is 21.6 Å². The molecule has 1 rings (SSSR count). The molecule has 0 bridgehead atoms. The van der Waals surface area contributed by atoms with Gasteiger partial charge in [-0.2, -0.15) is 0 Å². The van der Waals surface area contributed by atoms with Crippen molar-refractivity contribution in [1.29, 1.82) is 0 Å². The first-order chi connectivity index (χ1) is 5.95. The summed E-state index contributed by atoms with van der Waals surface area (Å²) in [6.45, 7) is 0. The third-order valence-electron chi connectivity index (χ3n) is 1.33. The highest BCUT2D eigenvalue weighted by molar-refractivity contribution is 7.89. The Morgan fingerprint density at radius 2 is 2.23 bits per heavy atom. The van der Waals surface area contributed by atoms with Gasteiger partial charge >= 0.3 is 0 Å². The number of rotatable bonds is 2. The Hall–Kier alpha value is -0.850. The van der Waals surface area contributed by atoms with Crippen molar-refractivity contribution in [2.75, 3.05) is 7.11 Å². The van der Waals surface area contributed by atoms with Crippen molar-refractivity contribution in [3.05, 3.63) is 17.4 Å². The molecule has 0 aliphatic rings. The van der Waals surface area contributed by atoms with Crippen molar-refractivity contribution in [2.45, 2.75) is 4.90 Å². The lowest BCUT2D eigenvalue weighted by atomic mass is 10.5. The second-order valence-corrected chi connectivity index (χ2v) is 4.13. The number of pyridine rings is 1. The molecule has 1 aromatic rings. The van der Waals surface area contributed by atoms with Crippen molar-refractivity contribution in [1.82, 2.24) is 4.98 Å². The molecule has 0 fully saturated rings. The van der Waals surface area contributed by atoms with Gasteiger partial charge in [0.15, 0.2) is 10.9 Å². The van der Waals surface area contributed by atoms with Gasteiger partial charge in [-0.25, -0.2) is 18.5 Å². The van der Waals surface area contributed by atoms with Crippen LogP contribution in [0.15, 0.2) is 17.2 Å². The summed E-state index contributed by atoms with van der Waals surface area (Å²) in [7, 11) is -2.40. The number of ether oxygens (including phenoxy) is 1. The fourth-order valence-corrected chi connectivity index (χ4v) is 1.36. The molecule has 1 aromatic heterocycles. The second kappa shape index (κ2) is 3.49. The summed E-state index contributed by atoms with van der Waals surface area (Å²) in [5, 5.41) is 4.96. The number of aromatic nitrogens is 1. The van der Waals surface area contributed by atoms with Crippen molar-refractivity contribution < 1.29 is 13.2 Å². The van der Waals surface area contributed by atoms with Crippen LogP contribution in [0.4, 0.5) is 0 Å². The minimum Gasteiger partial charge on any atom is -0.493 e. The highest BCUT2D eigenvalue weighted by Gasteiger charge is 2.11. The van der Waals surface area contributed by atoms with Crippen LogP contribution in [0.5, 0.6) is 5.75 Å². The van der Waals surface area contributed by atoms with Crippen molar-refractivity contribution in [2.24, 2.45) is 5.14 Å². The van der Waals surface area contributed by atoms with E-state index in [1.807, 2.05) is 0 Å². The minimum absolute atomic E-state index is 0.0925. The van der Waals surface area contributed by atoms with Gasteiger partial charge in [-0.05, 0) is 0 Å². The van der Waals surface area contributed by atoms with E-state index in [1.165, 1.54) is 13.2 Å². The van der Waals surface area contributed by atoms with Gasteiger partial charge in [-0.1, -0.05) is 11.6 Å². The van der Waals surface area contributed by atoms with Gasteiger partial charge in [-0.15, -0.1) is 0 Å². The van der Waals surface area contributed by atoms with E-state index in [-0.39, 0.29) is 15.8 Å². The van der Waals surface area contributed by atoms with Gasteiger partial charge in [0.05, 0.1) is 7.11 Å². The number of halogens is 1. The Morgan fingerprint density at radius 1 is 1.62 bits per heavy atom. The molecule has 13 heavy (non-hydrogen) atoms. The van der Waals surface area contributed by atoms with Crippen LogP contribution < -0.4 is 9.88 Å². The Bertz CT molecular complexity index is 418. The van der Waals surface area contributed by atoms with Crippen LogP contribution in [-0.2, 0) is 10.0 Å². The number of primary sulfonamides is 1. The highest BCUT2D eigenvalue weighted by atomic mass is 35.5. The minimum atomic E-state index is -3.75. The lowest BCUT2D eigenvalue weighted by Gasteiger charge is -2.03. The predicted molar refractivity (Wildman–Crippen MR) is 47.2 cm³/mol. The maximum Gasteiger partial charge on any atom is 0.239 e. The molecule has 0 amide bonds. The topological polar surface area (TPSA) is 82.3 Å². The Balaban J connectivity index is 3.30. The Morgan fingerprint density at radius 3 is 2.69 bits per heavy atom. The number of hydrogen-bond donors (Lipinski definition) is 1. The zero-order valence-corrected chi connectivity index (χ0v) is 8.26. The summed E-state index contributed by atoms with van der Waals surface area (Å²) < 4.78 is 26.5. The molecule has 72 valence electrons. The van der Waals surface area contributed by atoms with Gasteiger partial charge in [0, 0.05) is 12.3 Å². The van der Waals surface area contributed by atoms with E-state index in [0.717, 1.165) is 6.20 Å². The molecule has 0 aliphatic carbocycles. The lowest BCUT2D eigenvalue weighted by Crippen LogP contribution is -2.12. The fraction of sp³-hybridized carbons (Fsp3) is 0.167. The maximum absolute atomic E-state index is 10.9. The van der Waals surface area contributed by atoms with E-state index in [1.54, 1.807) is 0 Å². The molecule has 0 atom stereocenters. The lowest BCUT2D eigenvalue weighted by molar-refractivity contribution is 0.411.